The fourth-order valence-corrected chi connectivity index (χ4v) is 2.10. The van der Waals surface area contributed by atoms with Crippen molar-refractivity contribution in [3.05, 3.63) is 53.2 Å². The third-order valence-electron chi connectivity index (χ3n) is 3.43. The molecule has 0 aliphatic rings. The van der Waals surface area contributed by atoms with Crippen molar-refractivity contribution in [1.29, 1.82) is 0 Å². The number of carbonyl (C=O) groups is 2. The van der Waals surface area contributed by atoms with E-state index in [4.69, 9.17) is 14.3 Å². The maximum absolute atomic E-state index is 12.8. The SMILES string of the molecule is CCc1oc(C(=O)N(C)CCOc2ccc(F)cc2)cc1C(=O)O. The Labute approximate surface area is 138 Å². The molecule has 24 heavy (non-hydrogen) atoms. The standard InChI is InChI=1S/C17H18FNO5/c1-3-14-13(17(21)22)10-15(24-14)16(20)19(2)8-9-23-12-6-4-11(18)5-7-12/h4-7,10H,3,8-9H2,1-2H3,(H,21,22). The monoisotopic (exact) mass is 335 g/mol. The maximum Gasteiger partial charge on any atom is 0.339 e. The quantitative estimate of drug-likeness (QED) is 0.841. The number of halogens is 1. The second kappa shape index (κ2) is 7.63. The van der Waals surface area contributed by atoms with Crippen LogP contribution in [-0.2, 0) is 6.42 Å². The van der Waals surface area contributed by atoms with Crippen LogP contribution in [0.4, 0.5) is 4.39 Å². The van der Waals surface area contributed by atoms with E-state index in [2.05, 4.69) is 0 Å². The number of aromatic carboxylic acids is 1. The van der Waals surface area contributed by atoms with Gasteiger partial charge in [0.05, 0.1) is 6.54 Å². The lowest BCUT2D eigenvalue weighted by Gasteiger charge is -2.16. The molecule has 0 radical (unpaired) electrons. The summed E-state index contributed by atoms with van der Waals surface area (Å²) in [6, 6.07) is 6.80. The van der Waals surface area contributed by atoms with E-state index >= 15 is 0 Å². The molecule has 1 aromatic heterocycles. The second-order valence-corrected chi connectivity index (χ2v) is 5.14. The van der Waals surface area contributed by atoms with E-state index in [-0.39, 0.29) is 36.1 Å². The topological polar surface area (TPSA) is 80.0 Å². The lowest BCUT2D eigenvalue weighted by molar-refractivity contribution is 0.0692. The zero-order chi connectivity index (χ0) is 17.7. The van der Waals surface area contributed by atoms with Gasteiger partial charge < -0.3 is 19.2 Å². The van der Waals surface area contributed by atoms with E-state index in [9.17, 15) is 14.0 Å². The van der Waals surface area contributed by atoms with Gasteiger partial charge in [-0.1, -0.05) is 6.92 Å². The van der Waals surface area contributed by atoms with E-state index in [1.807, 2.05) is 0 Å². The van der Waals surface area contributed by atoms with Crippen molar-refractivity contribution in [1.82, 2.24) is 4.90 Å². The normalized spacial score (nSPS) is 10.5. The Morgan fingerprint density at radius 3 is 2.50 bits per heavy atom. The lowest BCUT2D eigenvalue weighted by atomic mass is 10.2. The van der Waals surface area contributed by atoms with Crippen LogP contribution in [0.1, 0.15) is 33.6 Å². The molecule has 7 heteroatoms. The van der Waals surface area contributed by atoms with Crippen molar-refractivity contribution in [2.24, 2.45) is 0 Å². The summed E-state index contributed by atoms with van der Waals surface area (Å²) >= 11 is 0. The molecule has 1 aromatic carbocycles. The first-order valence-electron chi connectivity index (χ1n) is 7.42. The minimum atomic E-state index is -1.13. The number of nitrogens with zero attached hydrogens (tertiary/aromatic N) is 1. The molecule has 1 amide bonds. The Bertz CT molecular complexity index is 723. The summed E-state index contributed by atoms with van der Waals surface area (Å²) in [6.07, 6.45) is 0.381. The Morgan fingerprint density at radius 1 is 1.29 bits per heavy atom. The Morgan fingerprint density at radius 2 is 1.96 bits per heavy atom. The minimum absolute atomic E-state index is 0.00295. The molecule has 0 saturated carbocycles. The average Bonchev–Trinajstić information content (AvgIpc) is 3.00. The van der Waals surface area contributed by atoms with Gasteiger partial charge in [-0.25, -0.2) is 9.18 Å². The van der Waals surface area contributed by atoms with E-state index in [0.717, 1.165) is 0 Å². The highest BCUT2D eigenvalue weighted by atomic mass is 19.1. The van der Waals surface area contributed by atoms with Crippen LogP contribution >= 0.6 is 0 Å². The molecular formula is C17H18FNO5. The third kappa shape index (κ3) is 4.13. The molecule has 1 N–H and O–H groups in total. The van der Waals surface area contributed by atoms with Crippen LogP contribution in [0.15, 0.2) is 34.7 Å². The highest BCUT2D eigenvalue weighted by Gasteiger charge is 2.22. The van der Waals surface area contributed by atoms with Crippen LogP contribution in [-0.4, -0.2) is 42.1 Å². The summed E-state index contributed by atoms with van der Waals surface area (Å²) in [5.74, 6) is -1.17. The van der Waals surface area contributed by atoms with E-state index < -0.39 is 11.9 Å². The molecule has 128 valence electrons. The number of hydrogen-bond donors (Lipinski definition) is 1. The zero-order valence-corrected chi connectivity index (χ0v) is 13.4. The van der Waals surface area contributed by atoms with Gasteiger partial charge in [0.2, 0.25) is 0 Å². The number of amides is 1. The molecule has 0 bridgehead atoms. The summed E-state index contributed by atoms with van der Waals surface area (Å²) < 4.78 is 23.5. The molecule has 0 aliphatic carbocycles. The highest BCUT2D eigenvalue weighted by molar-refractivity contribution is 5.96. The molecule has 0 atom stereocenters. The van der Waals surface area contributed by atoms with Gasteiger partial charge in [-0.15, -0.1) is 0 Å². The van der Waals surface area contributed by atoms with Crippen molar-refractivity contribution < 1.29 is 28.2 Å². The predicted octanol–water partition coefficient (Wildman–Crippen LogP) is 2.83. The number of carboxylic acid groups (broad SMARTS) is 1. The molecule has 1 heterocycles. The van der Waals surface area contributed by atoms with Gasteiger partial charge >= 0.3 is 5.97 Å². The molecule has 0 saturated heterocycles. The Kier molecular flexibility index (Phi) is 5.57. The number of ether oxygens (including phenoxy) is 1. The molecule has 6 nitrogen and oxygen atoms in total. The molecule has 2 aromatic rings. The Hall–Kier alpha value is -2.83. The zero-order valence-electron chi connectivity index (χ0n) is 13.4. The van der Waals surface area contributed by atoms with E-state index in [1.165, 1.54) is 35.2 Å². The first-order chi connectivity index (χ1) is 11.4. The minimum Gasteiger partial charge on any atom is -0.492 e. The van der Waals surface area contributed by atoms with Crippen molar-refractivity contribution in [3.63, 3.8) is 0 Å². The van der Waals surface area contributed by atoms with Crippen molar-refractivity contribution in [2.45, 2.75) is 13.3 Å². The molecular weight excluding hydrogens is 317 g/mol. The van der Waals surface area contributed by atoms with Crippen molar-refractivity contribution >= 4 is 11.9 Å². The van der Waals surface area contributed by atoms with Crippen molar-refractivity contribution in [3.8, 4) is 5.75 Å². The van der Waals surface area contributed by atoms with Crippen LogP contribution in [0.3, 0.4) is 0 Å². The van der Waals surface area contributed by atoms with Crippen LogP contribution in [0, 0.1) is 5.82 Å². The molecule has 0 spiro atoms. The number of furan rings is 1. The highest BCUT2D eigenvalue weighted by Crippen LogP contribution is 2.18. The fraction of sp³-hybridized carbons (Fsp3) is 0.294. The van der Waals surface area contributed by atoms with Gasteiger partial charge in [0, 0.05) is 19.5 Å². The van der Waals surface area contributed by atoms with Crippen LogP contribution in [0.5, 0.6) is 5.75 Å². The molecule has 2 rings (SSSR count). The van der Waals surface area contributed by atoms with Gasteiger partial charge in [0.15, 0.2) is 5.76 Å². The van der Waals surface area contributed by atoms with E-state index in [1.54, 1.807) is 14.0 Å². The Balaban J connectivity index is 1.94. The number of likely N-dealkylation sites (N-methyl/N-ethyl adjacent to an activating group) is 1. The van der Waals surface area contributed by atoms with Gasteiger partial charge in [-0.2, -0.15) is 0 Å². The number of carbonyl (C=O) groups excluding carboxylic acids is 1. The summed E-state index contributed by atoms with van der Waals surface area (Å²) in [5, 5.41) is 9.09. The fourth-order valence-electron chi connectivity index (χ4n) is 2.10. The van der Waals surface area contributed by atoms with Gasteiger partial charge in [0.1, 0.15) is 29.5 Å². The first-order valence-corrected chi connectivity index (χ1v) is 7.42. The van der Waals surface area contributed by atoms with Crippen LogP contribution in [0.25, 0.3) is 0 Å². The largest absolute Gasteiger partial charge is 0.492 e. The summed E-state index contributed by atoms with van der Waals surface area (Å²) in [4.78, 5) is 24.7. The summed E-state index contributed by atoms with van der Waals surface area (Å²) in [5.41, 5.74) is -0.00295. The predicted molar refractivity (Wildman–Crippen MR) is 83.9 cm³/mol. The molecule has 0 unspecified atom stereocenters. The number of benzene rings is 1. The van der Waals surface area contributed by atoms with Gasteiger partial charge in [0.25, 0.3) is 5.91 Å². The van der Waals surface area contributed by atoms with Crippen molar-refractivity contribution in [2.75, 3.05) is 20.2 Å². The van der Waals surface area contributed by atoms with Crippen LogP contribution in [0.2, 0.25) is 0 Å². The number of hydrogen-bond acceptors (Lipinski definition) is 4. The summed E-state index contributed by atoms with van der Waals surface area (Å²) in [6.45, 7) is 2.22. The first kappa shape index (κ1) is 17.5. The second-order valence-electron chi connectivity index (χ2n) is 5.14. The third-order valence-corrected chi connectivity index (χ3v) is 3.43. The maximum atomic E-state index is 12.8. The smallest absolute Gasteiger partial charge is 0.339 e. The van der Waals surface area contributed by atoms with Gasteiger partial charge in [-0.3, -0.25) is 4.79 Å². The lowest BCUT2D eigenvalue weighted by Crippen LogP contribution is -2.30. The summed E-state index contributed by atoms with van der Waals surface area (Å²) in [7, 11) is 1.56. The number of aryl methyl sites for hydroxylation is 1. The average molecular weight is 335 g/mol. The molecule has 0 aliphatic heterocycles. The van der Waals surface area contributed by atoms with Crippen LogP contribution < -0.4 is 4.74 Å². The number of carboxylic acids is 1. The molecule has 0 fully saturated rings. The van der Waals surface area contributed by atoms with Gasteiger partial charge in [-0.05, 0) is 24.3 Å². The number of rotatable bonds is 7. The van der Waals surface area contributed by atoms with E-state index in [0.29, 0.717) is 12.2 Å².